The fourth-order valence-corrected chi connectivity index (χ4v) is 4.38. The van der Waals surface area contributed by atoms with Gasteiger partial charge >= 0.3 is 5.97 Å². The highest BCUT2D eigenvalue weighted by Gasteiger charge is 2.35. The van der Waals surface area contributed by atoms with Crippen molar-refractivity contribution in [3.63, 3.8) is 0 Å². The largest absolute Gasteiger partial charge is 0.467 e. The number of carbonyl (C=O) groups excluding carboxylic acids is 2. The van der Waals surface area contributed by atoms with Crippen LogP contribution in [-0.2, 0) is 14.3 Å². The number of esters is 1. The topological polar surface area (TPSA) is 73.6 Å². The van der Waals surface area contributed by atoms with Gasteiger partial charge in [0.15, 0.2) is 6.04 Å². The van der Waals surface area contributed by atoms with Crippen LogP contribution in [0, 0.1) is 23.1 Å². The van der Waals surface area contributed by atoms with E-state index in [0.717, 1.165) is 4.47 Å². The molecule has 1 aliphatic heterocycles. The van der Waals surface area contributed by atoms with Gasteiger partial charge in [0.2, 0.25) is 5.91 Å². The summed E-state index contributed by atoms with van der Waals surface area (Å²) >= 11 is 3.40. The number of likely N-dealkylation sites (N-methyl/N-ethyl adjacent to an activating group) is 1. The normalized spacial score (nSPS) is 15.1. The van der Waals surface area contributed by atoms with Crippen molar-refractivity contribution in [2.45, 2.75) is 18.9 Å². The average Bonchev–Trinajstić information content (AvgIpc) is 2.78. The average molecular weight is 488 g/mol. The molecule has 1 amide bonds. The Kier molecular flexibility index (Phi) is 7.29. The van der Waals surface area contributed by atoms with E-state index in [-0.39, 0.29) is 17.4 Å². The molecule has 3 rings (SSSR count). The maximum atomic E-state index is 13.4. The molecule has 0 bridgehead atoms. The van der Waals surface area contributed by atoms with E-state index in [1.165, 1.54) is 24.1 Å². The van der Waals surface area contributed by atoms with Gasteiger partial charge in [-0.3, -0.25) is 4.79 Å². The number of hydrogen-bond acceptors (Lipinski definition) is 5. The third-order valence-electron chi connectivity index (χ3n) is 5.59. The summed E-state index contributed by atoms with van der Waals surface area (Å²) in [7, 11) is 2.92. The highest BCUT2D eigenvalue weighted by atomic mass is 79.9. The molecule has 0 spiro atoms. The third kappa shape index (κ3) is 5.05. The SMILES string of the molecule is COC(=O)C(c1cccc(Br)c1)N(C)C(=O)C1CCN(c2ccc(F)cc2C#N)CC1. The van der Waals surface area contributed by atoms with Gasteiger partial charge in [-0.05, 0) is 48.7 Å². The molecule has 0 N–H and O–H groups in total. The predicted octanol–water partition coefficient (Wildman–Crippen LogP) is 4.05. The zero-order valence-corrected chi connectivity index (χ0v) is 18.9. The summed E-state index contributed by atoms with van der Waals surface area (Å²) in [5.41, 5.74) is 1.62. The molecule has 1 unspecified atom stereocenters. The van der Waals surface area contributed by atoms with Gasteiger partial charge < -0.3 is 14.5 Å². The maximum absolute atomic E-state index is 13.4. The van der Waals surface area contributed by atoms with E-state index in [1.807, 2.05) is 23.1 Å². The van der Waals surface area contributed by atoms with E-state index in [1.54, 1.807) is 25.2 Å². The van der Waals surface area contributed by atoms with Crippen LogP contribution in [0.3, 0.4) is 0 Å². The number of nitriles is 1. The summed E-state index contributed by atoms with van der Waals surface area (Å²) in [4.78, 5) is 29.1. The summed E-state index contributed by atoms with van der Waals surface area (Å²) in [6.45, 7) is 1.12. The van der Waals surface area contributed by atoms with Crippen LogP contribution in [0.1, 0.15) is 30.0 Å². The third-order valence-corrected chi connectivity index (χ3v) is 6.08. The molecule has 2 aromatic carbocycles. The van der Waals surface area contributed by atoms with E-state index < -0.39 is 17.8 Å². The number of methoxy groups -OCH3 is 1. The number of carbonyl (C=O) groups is 2. The van der Waals surface area contributed by atoms with Gasteiger partial charge in [-0.15, -0.1) is 0 Å². The van der Waals surface area contributed by atoms with Gasteiger partial charge in [0.05, 0.1) is 18.4 Å². The van der Waals surface area contributed by atoms with Gasteiger partial charge in [0.1, 0.15) is 11.9 Å². The van der Waals surface area contributed by atoms with Crippen molar-refractivity contribution in [1.29, 1.82) is 5.26 Å². The van der Waals surface area contributed by atoms with Crippen molar-refractivity contribution < 1.29 is 18.7 Å². The molecule has 2 aromatic rings. The molecule has 1 aliphatic rings. The fourth-order valence-electron chi connectivity index (χ4n) is 3.96. The number of nitrogens with zero attached hydrogens (tertiary/aromatic N) is 3. The lowest BCUT2D eigenvalue weighted by molar-refractivity contribution is -0.153. The van der Waals surface area contributed by atoms with E-state index in [4.69, 9.17) is 4.74 Å². The summed E-state index contributed by atoms with van der Waals surface area (Å²) in [5.74, 6) is -1.34. The number of rotatable bonds is 5. The van der Waals surface area contributed by atoms with Crippen LogP contribution in [0.25, 0.3) is 0 Å². The molecule has 0 radical (unpaired) electrons. The molecule has 1 heterocycles. The number of ether oxygens (including phenoxy) is 1. The van der Waals surface area contributed by atoms with Gasteiger partial charge in [-0.25, -0.2) is 9.18 Å². The Bertz CT molecular complexity index is 1020. The predicted molar refractivity (Wildman–Crippen MR) is 118 cm³/mol. The molecular formula is C23H23BrFN3O3. The van der Waals surface area contributed by atoms with Crippen LogP contribution in [0.5, 0.6) is 0 Å². The standard InChI is InChI=1S/C23H23BrFN3O3/c1-27(21(23(30)31-2)16-4-3-5-18(24)12-16)22(29)15-8-10-28(11-9-15)20-7-6-19(25)13-17(20)14-26/h3-7,12-13,15,21H,8-11H2,1-2H3. The Hall–Kier alpha value is -2.92. The number of benzene rings is 2. The highest BCUT2D eigenvalue weighted by molar-refractivity contribution is 9.10. The van der Waals surface area contributed by atoms with Crippen LogP contribution in [0.15, 0.2) is 46.9 Å². The van der Waals surface area contributed by atoms with Crippen molar-refractivity contribution in [3.8, 4) is 6.07 Å². The Morgan fingerprint density at radius 3 is 2.58 bits per heavy atom. The molecule has 8 heteroatoms. The molecule has 0 aliphatic carbocycles. The van der Waals surface area contributed by atoms with Crippen molar-refractivity contribution in [3.05, 3.63) is 63.9 Å². The first-order chi connectivity index (χ1) is 14.8. The van der Waals surface area contributed by atoms with E-state index in [0.29, 0.717) is 37.2 Å². The number of halogens is 2. The molecule has 0 saturated carbocycles. The van der Waals surface area contributed by atoms with Crippen LogP contribution in [-0.4, -0.2) is 44.0 Å². The molecule has 1 saturated heterocycles. The first-order valence-corrected chi connectivity index (χ1v) is 10.7. The maximum Gasteiger partial charge on any atom is 0.333 e. The quantitative estimate of drug-likeness (QED) is 0.594. The zero-order chi connectivity index (χ0) is 22.5. The Balaban J connectivity index is 1.73. The molecule has 1 fully saturated rings. The number of anilines is 1. The minimum absolute atomic E-state index is 0.130. The summed E-state index contributed by atoms with van der Waals surface area (Å²) in [6.07, 6.45) is 1.13. The molecule has 6 nitrogen and oxygen atoms in total. The smallest absolute Gasteiger partial charge is 0.333 e. The van der Waals surface area contributed by atoms with Gasteiger partial charge in [-0.1, -0.05) is 28.1 Å². The first-order valence-electron chi connectivity index (χ1n) is 9.90. The second-order valence-corrected chi connectivity index (χ2v) is 8.38. The minimum Gasteiger partial charge on any atom is -0.467 e. The van der Waals surface area contributed by atoms with Crippen LogP contribution >= 0.6 is 15.9 Å². The fraction of sp³-hybridized carbons (Fsp3) is 0.348. The van der Waals surface area contributed by atoms with E-state index in [9.17, 15) is 19.2 Å². The Labute approximate surface area is 189 Å². The van der Waals surface area contributed by atoms with Crippen molar-refractivity contribution in [2.75, 3.05) is 32.1 Å². The van der Waals surface area contributed by atoms with Gasteiger partial charge in [0.25, 0.3) is 0 Å². The summed E-state index contributed by atoms with van der Waals surface area (Å²) in [6, 6.07) is 12.6. The molecule has 31 heavy (non-hydrogen) atoms. The minimum atomic E-state index is -0.838. The lowest BCUT2D eigenvalue weighted by Crippen LogP contribution is -2.44. The molecule has 0 aromatic heterocycles. The van der Waals surface area contributed by atoms with Crippen LogP contribution in [0.2, 0.25) is 0 Å². The highest BCUT2D eigenvalue weighted by Crippen LogP contribution is 2.30. The zero-order valence-electron chi connectivity index (χ0n) is 17.3. The van der Waals surface area contributed by atoms with Crippen LogP contribution in [0.4, 0.5) is 10.1 Å². The lowest BCUT2D eigenvalue weighted by Gasteiger charge is -2.36. The Morgan fingerprint density at radius 1 is 1.26 bits per heavy atom. The number of piperidine rings is 1. The van der Waals surface area contributed by atoms with E-state index >= 15 is 0 Å². The molecule has 1 atom stereocenters. The second kappa shape index (κ2) is 9.92. The van der Waals surface area contributed by atoms with Crippen molar-refractivity contribution >= 4 is 33.5 Å². The number of hydrogen-bond donors (Lipinski definition) is 0. The van der Waals surface area contributed by atoms with Crippen molar-refractivity contribution in [2.24, 2.45) is 5.92 Å². The number of amides is 1. The first kappa shape index (κ1) is 22.8. The monoisotopic (exact) mass is 487 g/mol. The van der Waals surface area contributed by atoms with Gasteiger partial charge in [0, 0.05) is 30.5 Å². The second-order valence-electron chi connectivity index (χ2n) is 7.46. The summed E-state index contributed by atoms with van der Waals surface area (Å²) < 4.78 is 19.2. The van der Waals surface area contributed by atoms with Crippen molar-refractivity contribution in [1.82, 2.24) is 4.90 Å². The molecule has 162 valence electrons. The molecular weight excluding hydrogens is 465 g/mol. The van der Waals surface area contributed by atoms with E-state index in [2.05, 4.69) is 15.9 Å². The summed E-state index contributed by atoms with van der Waals surface area (Å²) in [5, 5.41) is 9.30. The Morgan fingerprint density at radius 2 is 1.97 bits per heavy atom. The van der Waals surface area contributed by atoms with Gasteiger partial charge in [-0.2, -0.15) is 5.26 Å². The lowest BCUT2D eigenvalue weighted by atomic mass is 9.93. The van der Waals surface area contributed by atoms with Crippen LogP contribution < -0.4 is 4.90 Å².